The highest BCUT2D eigenvalue weighted by Crippen LogP contribution is 2.65. The summed E-state index contributed by atoms with van der Waals surface area (Å²) < 4.78 is 5.09. The van der Waals surface area contributed by atoms with E-state index in [0.29, 0.717) is 11.3 Å². The van der Waals surface area contributed by atoms with E-state index in [4.69, 9.17) is 9.84 Å². The van der Waals surface area contributed by atoms with Gasteiger partial charge in [-0.05, 0) is 23.6 Å². The summed E-state index contributed by atoms with van der Waals surface area (Å²) in [6, 6.07) is 4.91. The first-order valence-corrected chi connectivity index (χ1v) is 5.49. The SMILES string of the molecule is COc1ccc(O)c([C@@H]2[C@@H](C(=O)O)C2(C)C)c1. The number of hydrogen-bond acceptors (Lipinski definition) is 3. The predicted molar refractivity (Wildman–Crippen MR) is 62.3 cm³/mol. The van der Waals surface area contributed by atoms with Crippen molar-refractivity contribution in [2.45, 2.75) is 19.8 Å². The second-order valence-electron chi connectivity index (χ2n) is 5.04. The Bertz CT molecular complexity index is 464. The number of carboxylic acids is 1. The van der Waals surface area contributed by atoms with Crippen molar-refractivity contribution < 1.29 is 19.7 Å². The van der Waals surface area contributed by atoms with Crippen molar-refractivity contribution in [3.63, 3.8) is 0 Å². The van der Waals surface area contributed by atoms with Gasteiger partial charge < -0.3 is 14.9 Å². The maximum Gasteiger partial charge on any atom is 0.307 e. The number of benzene rings is 1. The molecular formula is C13H16O4. The van der Waals surface area contributed by atoms with Crippen LogP contribution < -0.4 is 4.74 Å². The summed E-state index contributed by atoms with van der Waals surface area (Å²) in [5.41, 5.74) is 0.331. The summed E-state index contributed by atoms with van der Waals surface area (Å²) >= 11 is 0. The molecule has 4 heteroatoms. The minimum absolute atomic E-state index is 0.132. The van der Waals surface area contributed by atoms with Crippen molar-refractivity contribution in [2.24, 2.45) is 11.3 Å². The van der Waals surface area contributed by atoms with Gasteiger partial charge in [-0.2, -0.15) is 0 Å². The van der Waals surface area contributed by atoms with Gasteiger partial charge in [0.05, 0.1) is 13.0 Å². The Balaban J connectivity index is 2.39. The lowest BCUT2D eigenvalue weighted by molar-refractivity contribution is -0.139. The molecule has 1 aromatic rings. The second kappa shape index (κ2) is 3.65. The molecule has 0 aliphatic heterocycles. The topological polar surface area (TPSA) is 66.8 Å². The van der Waals surface area contributed by atoms with E-state index >= 15 is 0 Å². The Morgan fingerprint density at radius 1 is 1.41 bits per heavy atom. The number of phenols is 1. The molecule has 2 atom stereocenters. The molecule has 1 aliphatic rings. The molecule has 0 radical (unpaired) electrons. The molecule has 0 unspecified atom stereocenters. The molecule has 0 heterocycles. The summed E-state index contributed by atoms with van der Waals surface area (Å²) in [6.45, 7) is 3.80. The molecule has 17 heavy (non-hydrogen) atoms. The number of carboxylic acid groups (broad SMARTS) is 1. The average molecular weight is 236 g/mol. The van der Waals surface area contributed by atoms with Gasteiger partial charge in [-0.1, -0.05) is 13.8 Å². The molecule has 2 N–H and O–H groups in total. The highest BCUT2D eigenvalue weighted by atomic mass is 16.5. The van der Waals surface area contributed by atoms with Crippen LogP contribution in [0.5, 0.6) is 11.5 Å². The van der Waals surface area contributed by atoms with E-state index in [2.05, 4.69) is 0 Å². The molecule has 1 fully saturated rings. The standard InChI is InChI=1S/C13H16O4/c1-13(2)10(11(13)12(15)16)8-6-7(17-3)4-5-9(8)14/h4-6,10-11,14H,1-3H3,(H,15,16)/t10-,11+/m1/s1. The Morgan fingerprint density at radius 3 is 2.53 bits per heavy atom. The molecular weight excluding hydrogens is 220 g/mol. The van der Waals surface area contributed by atoms with Gasteiger partial charge in [-0.25, -0.2) is 0 Å². The molecule has 0 spiro atoms. The lowest BCUT2D eigenvalue weighted by Gasteiger charge is -2.08. The van der Waals surface area contributed by atoms with E-state index in [9.17, 15) is 9.90 Å². The molecule has 0 aromatic heterocycles. The van der Waals surface area contributed by atoms with E-state index in [0.717, 1.165) is 0 Å². The fraction of sp³-hybridized carbons (Fsp3) is 0.462. The van der Waals surface area contributed by atoms with Crippen molar-refractivity contribution in [3.8, 4) is 11.5 Å². The van der Waals surface area contributed by atoms with Crippen LogP contribution in [0.25, 0.3) is 0 Å². The number of carbonyl (C=O) groups is 1. The molecule has 2 rings (SSSR count). The maximum absolute atomic E-state index is 11.1. The first-order chi connectivity index (χ1) is 7.89. The lowest BCUT2D eigenvalue weighted by Crippen LogP contribution is -2.03. The van der Waals surface area contributed by atoms with Gasteiger partial charge >= 0.3 is 5.97 Å². The average Bonchev–Trinajstić information content (AvgIpc) is 2.82. The second-order valence-corrected chi connectivity index (χ2v) is 5.04. The van der Waals surface area contributed by atoms with Crippen LogP contribution in [0.3, 0.4) is 0 Å². The Labute approximate surface area is 99.8 Å². The summed E-state index contributed by atoms with van der Waals surface area (Å²) in [6.07, 6.45) is 0. The van der Waals surface area contributed by atoms with Gasteiger partial charge in [0.1, 0.15) is 11.5 Å². The van der Waals surface area contributed by atoms with Crippen LogP contribution in [0, 0.1) is 11.3 Å². The molecule has 1 aromatic carbocycles. The number of rotatable bonds is 3. The zero-order valence-corrected chi connectivity index (χ0v) is 10.1. The smallest absolute Gasteiger partial charge is 0.307 e. The van der Waals surface area contributed by atoms with Crippen LogP contribution in [0.4, 0.5) is 0 Å². The van der Waals surface area contributed by atoms with E-state index < -0.39 is 11.9 Å². The van der Waals surface area contributed by atoms with Gasteiger partial charge in [0.25, 0.3) is 0 Å². The van der Waals surface area contributed by atoms with Crippen LogP contribution >= 0.6 is 0 Å². The van der Waals surface area contributed by atoms with Gasteiger partial charge in [-0.3, -0.25) is 4.79 Å². The van der Waals surface area contributed by atoms with Crippen molar-refractivity contribution in [1.29, 1.82) is 0 Å². The summed E-state index contributed by atoms with van der Waals surface area (Å²) in [4.78, 5) is 11.1. The van der Waals surface area contributed by atoms with E-state index in [1.54, 1.807) is 25.3 Å². The van der Waals surface area contributed by atoms with Crippen LogP contribution in [0.15, 0.2) is 18.2 Å². The monoisotopic (exact) mass is 236 g/mol. The Morgan fingerprint density at radius 2 is 2.06 bits per heavy atom. The van der Waals surface area contributed by atoms with Crippen molar-refractivity contribution in [1.82, 2.24) is 0 Å². The van der Waals surface area contributed by atoms with Gasteiger partial charge in [0.15, 0.2) is 0 Å². The van der Waals surface area contributed by atoms with Gasteiger partial charge in [0.2, 0.25) is 0 Å². The molecule has 0 amide bonds. The van der Waals surface area contributed by atoms with E-state index in [1.807, 2.05) is 13.8 Å². The zero-order chi connectivity index (χ0) is 12.8. The third-order valence-electron chi connectivity index (χ3n) is 3.66. The largest absolute Gasteiger partial charge is 0.508 e. The highest BCUT2D eigenvalue weighted by Gasteiger charge is 2.63. The predicted octanol–water partition coefficient (Wildman–Crippen LogP) is 2.22. The fourth-order valence-electron chi connectivity index (χ4n) is 2.59. The number of ether oxygens (including phenoxy) is 1. The minimum Gasteiger partial charge on any atom is -0.508 e. The summed E-state index contributed by atoms with van der Waals surface area (Å²) in [5.74, 6) is -0.657. The van der Waals surface area contributed by atoms with E-state index in [1.165, 1.54) is 0 Å². The third-order valence-corrected chi connectivity index (χ3v) is 3.66. The molecule has 0 bridgehead atoms. The number of phenolic OH excluding ortho intramolecular Hbond substituents is 1. The molecule has 92 valence electrons. The van der Waals surface area contributed by atoms with Gasteiger partial charge in [-0.15, -0.1) is 0 Å². The fourth-order valence-corrected chi connectivity index (χ4v) is 2.59. The normalized spacial score (nSPS) is 25.4. The Hall–Kier alpha value is -1.71. The summed E-state index contributed by atoms with van der Waals surface area (Å²) in [5, 5.41) is 18.9. The van der Waals surface area contributed by atoms with Gasteiger partial charge in [0, 0.05) is 11.5 Å². The molecule has 0 saturated heterocycles. The van der Waals surface area contributed by atoms with Crippen LogP contribution in [-0.4, -0.2) is 23.3 Å². The zero-order valence-electron chi connectivity index (χ0n) is 10.1. The molecule has 4 nitrogen and oxygen atoms in total. The number of hydrogen-bond donors (Lipinski definition) is 2. The van der Waals surface area contributed by atoms with Crippen LogP contribution in [0.2, 0.25) is 0 Å². The number of methoxy groups -OCH3 is 1. The minimum atomic E-state index is -0.817. The van der Waals surface area contributed by atoms with Crippen molar-refractivity contribution >= 4 is 5.97 Å². The number of aliphatic carboxylic acids is 1. The maximum atomic E-state index is 11.1. The summed E-state index contributed by atoms with van der Waals surface area (Å²) in [7, 11) is 1.54. The van der Waals surface area contributed by atoms with Crippen molar-refractivity contribution in [2.75, 3.05) is 7.11 Å². The number of aromatic hydroxyl groups is 1. The molecule has 1 saturated carbocycles. The van der Waals surface area contributed by atoms with E-state index in [-0.39, 0.29) is 17.1 Å². The highest BCUT2D eigenvalue weighted by molar-refractivity contribution is 5.78. The van der Waals surface area contributed by atoms with Crippen LogP contribution in [-0.2, 0) is 4.79 Å². The Kier molecular flexibility index (Phi) is 2.53. The molecule has 1 aliphatic carbocycles. The lowest BCUT2D eigenvalue weighted by atomic mass is 10.0. The first-order valence-electron chi connectivity index (χ1n) is 5.49. The van der Waals surface area contributed by atoms with Crippen molar-refractivity contribution in [3.05, 3.63) is 23.8 Å². The first kappa shape index (κ1) is 11.8. The third kappa shape index (κ3) is 1.73. The van der Waals surface area contributed by atoms with Crippen LogP contribution in [0.1, 0.15) is 25.3 Å². The quantitative estimate of drug-likeness (QED) is 0.844.